The number of H-pyrrole nitrogens is 1. The molecule has 0 radical (unpaired) electrons. The van der Waals surface area contributed by atoms with Crippen molar-refractivity contribution in [2.45, 2.75) is 45.3 Å². The number of aromatic amines is 1. The van der Waals surface area contributed by atoms with E-state index in [0.29, 0.717) is 11.4 Å². The molecule has 168 valence electrons. The molecule has 0 bridgehead atoms. The fraction of sp³-hybridized carbons (Fsp3) is 0.269. The fourth-order valence-electron chi connectivity index (χ4n) is 4.34. The van der Waals surface area contributed by atoms with E-state index in [1.807, 2.05) is 24.3 Å². The molecule has 1 atom stereocenters. The number of carbonyl (C=O) groups is 1. The van der Waals surface area contributed by atoms with Gasteiger partial charge in [-0.15, -0.1) is 0 Å². The molecule has 33 heavy (non-hydrogen) atoms. The zero-order chi connectivity index (χ0) is 22.8. The van der Waals surface area contributed by atoms with Gasteiger partial charge in [0, 0.05) is 23.0 Å². The molecule has 0 saturated carbocycles. The van der Waals surface area contributed by atoms with Gasteiger partial charge in [-0.1, -0.05) is 6.07 Å². The van der Waals surface area contributed by atoms with Crippen LogP contribution in [0.2, 0.25) is 0 Å². The maximum Gasteiger partial charge on any atom is 0.259 e. The summed E-state index contributed by atoms with van der Waals surface area (Å²) in [4.78, 5) is 17.5. The molecule has 0 aliphatic heterocycles. The van der Waals surface area contributed by atoms with Gasteiger partial charge in [-0.25, -0.2) is 4.98 Å². The molecule has 2 aromatic carbocycles. The van der Waals surface area contributed by atoms with Gasteiger partial charge in [0.1, 0.15) is 5.82 Å². The van der Waals surface area contributed by atoms with Crippen LogP contribution in [-0.2, 0) is 17.6 Å². The lowest BCUT2D eigenvalue weighted by atomic mass is 9.89. The van der Waals surface area contributed by atoms with Crippen LogP contribution in [0.4, 0.5) is 17.2 Å². The van der Waals surface area contributed by atoms with Crippen LogP contribution in [0.25, 0.3) is 10.9 Å². The van der Waals surface area contributed by atoms with Crippen molar-refractivity contribution in [3.8, 4) is 0 Å². The van der Waals surface area contributed by atoms with Crippen molar-refractivity contribution in [2.75, 3.05) is 10.6 Å². The lowest BCUT2D eigenvalue weighted by Gasteiger charge is -2.27. The molecule has 1 aliphatic carbocycles. The fourth-order valence-corrected chi connectivity index (χ4v) is 4.34. The Kier molecular flexibility index (Phi) is 5.79. The number of nitrogens with zero attached hydrogens (tertiary/aromatic N) is 2. The lowest BCUT2D eigenvalue weighted by molar-refractivity contribution is 0.000895. The first-order chi connectivity index (χ1) is 16.0. The van der Waals surface area contributed by atoms with Crippen molar-refractivity contribution in [3.05, 3.63) is 77.6 Å². The average molecular weight is 442 g/mol. The first-order valence-electron chi connectivity index (χ1n) is 11.3. The molecule has 1 amide bonds. The Morgan fingerprint density at radius 2 is 2.00 bits per heavy atom. The van der Waals surface area contributed by atoms with Gasteiger partial charge < -0.3 is 15.4 Å². The summed E-state index contributed by atoms with van der Waals surface area (Å²) in [5, 5.41) is 14.3. The van der Waals surface area contributed by atoms with E-state index in [1.54, 1.807) is 24.5 Å². The topological polar surface area (TPSA) is 91.9 Å². The second-order valence-electron chi connectivity index (χ2n) is 8.68. The summed E-state index contributed by atoms with van der Waals surface area (Å²) < 4.78 is 5.99. The summed E-state index contributed by atoms with van der Waals surface area (Å²) in [6.07, 6.45) is 6.81. The molecular formula is C26H27N5O2. The quantitative estimate of drug-likeness (QED) is 0.381. The summed E-state index contributed by atoms with van der Waals surface area (Å²) >= 11 is 0. The number of ether oxygens (including phenoxy) is 1. The molecule has 0 fully saturated rings. The number of hydrogen-bond acceptors (Lipinski definition) is 5. The first kappa shape index (κ1) is 21.2. The summed E-state index contributed by atoms with van der Waals surface area (Å²) in [5.74, 6) is 0.297. The van der Waals surface area contributed by atoms with Gasteiger partial charge in [0.2, 0.25) is 0 Å². The minimum atomic E-state index is -0.204. The molecule has 0 saturated heterocycles. The van der Waals surface area contributed by atoms with Gasteiger partial charge in [0.15, 0.2) is 0 Å². The SMILES string of the molecule is CC(C)OC1CCc2cc(NC(=O)c3cccnc3Nc3ccc4cn[nH]c4c3)ccc2C1. The second-order valence-corrected chi connectivity index (χ2v) is 8.68. The number of aromatic nitrogens is 3. The Bertz CT molecular complexity index is 1300. The van der Waals surface area contributed by atoms with Crippen LogP contribution in [0, 0.1) is 0 Å². The highest BCUT2D eigenvalue weighted by molar-refractivity contribution is 6.08. The van der Waals surface area contributed by atoms with Crippen LogP contribution in [0.1, 0.15) is 41.8 Å². The van der Waals surface area contributed by atoms with E-state index in [2.05, 4.69) is 51.8 Å². The minimum Gasteiger partial charge on any atom is -0.375 e. The number of hydrogen-bond donors (Lipinski definition) is 3. The van der Waals surface area contributed by atoms with Gasteiger partial charge in [0.05, 0.1) is 29.5 Å². The zero-order valence-corrected chi connectivity index (χ0v) is 18.8. The van der Waals surface area contributed by atoms with E-state index in [1.165, 1.54) is 11.1 Å². The van der Waals surface area contributed by atoms with Crippen LogP contribution in [-0.4, -0.2) is 33.3 Å². The van der Waals surface area contributed by atoms with Gasteiger partial charge in [-0.3, -0.25) is 9.89 Å². The maximum absolute atomic E-state index is 13.1. The van der Waals surface area contributed by atoms with Crippen molar-refractivity contribution >= 4 is 34.0 Å². The Morgan fingerprint density at radius 1 is 1.12 bits per heavy atom. The molecule has 4 aromatic rings. The molecule has 5 rings (SSSR count). The van der Waals surface area contributed by atoms with Crippen LogP contribution in [0.3, 0.4) is 0 Å². The third-order valence-electron chi connectivity index (χ3n) is 5.87. The predicted molar refractivity (Wildman–Crippen MR) is 130 cm³/mol. The monoisotopic (exact) mass is 441 g/mol. The maximum atomic E-state index is 13.1. The number of rotatable bonds is 6. The highest BCUT2D eigenvalue weighted by Gasteiger charge is 2.21. The van der Waals surface area contributed by atoms with E-state index in [0.717, 1.165) is 41.5 Å². The molecule has 2 heterocycles. The molecular weight excluding hydrogens is 414 g/mol. The number of benzene rings is 2. The van der Waals surface area contributed by atoms with Gasteiger partial charge in [-0.05, 0) is 86.7 Å². The van der Waals surface area contributed by atoms with Crippen LogP contribution in [0.15, 0.2) is 60.9 Å². The lowest BCUT2D eigenvalue weighted by Crippen LogP contribution is -2.25. The summed E-state index contributed by atoms with van der Waals surface area (Å²) in [7, 11) is 0. The van der Waals surface area contributed by atoms with E-state index in [-0.39, 0.29) is 18.1 Å². The van der Waals surface area contributed by atoms with Crippen molar-refractivity contribution in [1.82, 2.24) is 15.2 Å². The predicted octanol–water partition coefficient (Wildman–Crippen LogP) is 5.24. The van der Waals surface area contributed by atoms with Crippen molar-refractivity contribution in [2.24, 2.45) is 0 Å². The number of nitrogens with one attached hydrogen (secondary N) is 3. The van der Waals surface area contributed by atoms with E-state index >= 15 is 0 Å². The molecule has 2 aromatic heterocycles. The minimum absolute atomic E-state index is 0.204. The second kappa shape index (κ2) is 9.03. The molecule has 3 N–H and O–H groups in total. The number of amides is 1. The van der Waals surface area contributed by atoms with E-state index in [9.17, 15) is 4.79 Å². The molecule has 7 heteroatoms. The number of anilines is 3. The van der Waals surface area contributed by atoms with Gasteiger partial charge >= 0.3 is 0 Å². The number of pyridine rings is 1. The van der Waals surface area contributed by atoms with Gasteiger partial charge in [-0.2, -0.15) is 5.10 Å². The number of fused-ring (bicyclic) bond motifs is 2. The molecule has 0 spiro atoms. The average Bonchev–Trinajstić information content (AvgIpc) is 3.27. The van der Waals surface area contributed by atoms with Crippen LogP contribution in [0.5, 0.6) is 0 Å². The van der Waals surface area contributed by atoms with Crippen molar-refractivity contribution in [1.29, 1.82) is 0 Å². The van der Waals surface area contributed by atoms with Gasteiger partial charge in [0.25, 0.3) is 5.91 Å². The zero-order valence-electron chi connectivity index (χ0n) is 18.8. The summed E-state index contributed by atoms with van der Waals surface area (Å²) in [6, 6.07) is 15.5. The molecule has 1 aliphatic rings. The number of aryl methyl sites for hydroxylation is 1. The number of carbonyl (C=O) groups excluding carboxylic acids is 1. The summed E-state index contributed by atoms with van der Waals surface area (Å²) in [6.45, 7) is 4.15. The Hall–Kier alpha value is -3.71. The highest BCUT2D eigenvalue weighted by atomic mass is 16.5. The third-order valence-corrected chi connectivity index (χ3v) is 5.87. The normalized spacial score (nSPS) is 15.4. The van der Waals surface area contributed by atoms with Crippen molar-refractivity contribution < 1.29 is 9.53 Å². The summed E-state index contributed by atoms with van der Waals surface area (Å²) in [5.41, 5.74) is 5.57. The smallest absolute Gasteiger partial charge is 0.259 e. The van der Waals surface area contributed by atoms with Crippen LogP contribution >= 0.6 is 0 Å². The van der Waals surface area contributed by atoms with E-state index < -0.39 is 0 Å². The molecule has 1 unspecified atom stereocenters. The third kappa shape index (κ3) is 4.73. The van der Waals surface area contributed by atoms with Crippen molar-refractivity contribution in [3.63, 3.8) is 0 Å². The Morgan fingerprint density at radius 3 is 2.88 bits per heavy atom. The van der Waals surface area contributed by atoms with Crippen LogP contribution < -0.4 is 10.6 Å². The Labute approximate surface area is 192 Å². The van der Waals surface area contributed by atoms with E-state index in [4.69, 9.17) is 4.74 Å². The largest absolute Gasteiger partial charge is 0.375 e. The first-order valence-corrected chi connectivity index (χ1v) is 11.3. The highest BCUT2D eigenvalue weighted by Crippen LogP contribution is 2.28. The standard InChI is InChI=1S/C26H27N5O2/c1-16(2)33-22-10-7-17-12-20(8-5-18(17)13-22)30-26(32)23-4-3-11-27-25(23)29-21-9-6-19-15-28-31-24(19)14-21/h3-6,8-9,11-12,14-16,22H,7,10,13H2,1-2H3,(H,27,29)(H,28,31)(H,30,32). The molecule has 7 nitrogen and oxygen atoms in total. The Balaban J connectivity index is 1.31.